The normalized spacial score (nSPS) is 16.5. The summed E-state index contributed by atoms with van der Waals surface area (Å²) in [6.45, 7) is 3.81. The van der Waals surface area contributed by atoms with Gasteiger partial charge < -0.3 is 9.80 Å². The molecule has 0 aromatic heterocycles. The molecule has 120 valence electrons. The Balaban J connectivity index is 1.99. The van der Waals surface area contributed by atoms with Crippen LogP contribution in [-0.2, 0) is 4.79 Å². The molecule has 7 heteroatoms. The average Bonchev–Trinajstić information content (AvgIpc) is 2.53. The highest BCUT2D eigenvalue weighted by Crippen LogP contribution is 2.20. The van der Waals surface area contributed by atoms with Gasteiger partial charge in [-0.3, -0.25) is 9.59 Å². The highest BCUT2D eigenvalue weighted by molar-refractivity contribution is 7.99. The first kappa shape index (κ1) is 17.1. The van der Waals surface area contributed by atoms with E-state index in [1.165, 1.54) is 23.9 Å². The molecule has 2 rings (SSSR count). The van der Waals surface area contributed by atoms with E-state index in [4.69, 9.17) is 11.6 Å². The molecule has 0 saturated carbocycles. The molecule has 1 aromatic rings. The van der Waals surface area contributed by atoms with E-state index in [1.807, 2.05) is 13.2 Å². The third-order valence-corrected chi connectivity index (χ3v) is 4.96. The second-order valence-corrected chi connectivity index (χ2v) is 6.71. The van der Waals surface area contributed by atoms with E-state index in [0.29, 0.717) is 31.7 Å². The van der Waals surface area contributed by atoms with Crippen molar-refractivity contribution in [2.75, 3.05) is 32.4 Å². The minimum atomic E-state index is -0.469. The van der Waals surface area contributed by atoms with E-state index in [9.17, 15) is 14.0 Å². The molecule has 1 aromatic carbocycles. The predicted molar refractivity (Wildman–Crippen MR) is 86.9 cm³/mol. The fourth-order valence-electron chi connectivity index (χ4n) is 2.32. The maximum atomic E-state index is 13.0. The Morgan fingerprint density at radius 1 is 1.23 bits per heavy atom. The summed E-state index contributed by atoms with van der Waals surface area (Å²) in [5.41, 5.74) is 0.292. The highest BCUT2D eigenvalue weighted by atomic mass is 35.5. The van der Waals surface area contributed by atoms with Crippen LogP contribution in [0.1, 0.15) is 17.3 Å². The lowest BCUT2D eigenvalue weighted by Gasteiger charge is -2.35. The first-order valence-electron chi connectivity index (χ1n) is 7.00. The third-order valence-electron chi connectivity index (χ3n) is 3.74. The molecular weight excluding hydrogens is 327 g/mol. The van der Waals surface area contributed by atoms with Gasteiger partial charge in [-0.25, -0.2) is 4.39 Å². The summed E-state index contributed by atoms with van der Waals surface area (Å²) in [4.78, 5) is 27.9. The standard InChI is InChI=1S/C15H18ClFN2O2S/c1-10(22-2)14(20)18-5-7-19(8-6-18)15(21)12-4-3-11(17)9-13(12)16/h3-4,9-10H,5-8H2,1-2H3. The molecule has 0 spiro atoms. The largest absolute Gasteiger partial charge is 0.338 e. The SMILES string of the molecule is CSC(C)C(=O)N1CCN(C(=O)c2ccc(F)cc2Cl)CC1. The van der Waals surface area contributed by atoms with E-state index >= 15 is 0 Å². The first-order chi connectivity index (χ1) is 10.4. The topological polar surface area (TPSA) is 40.6 Å². The fraction of sp³-hybridized carbons (Fsp3) is 0.467. The van der Waals surface area contributed by atoms with Gasteiger partial charge in [-0.2, -0.15) is 11.8 Å². The van der Waals surface area contributed by atoms with Gasteiger partial charge >= 0.3 is 0 Å². The van der Waals surface area contributed by atoms with Crippen LogP contribution in [0.25, 0.3) is 0 Å². The zero-order chi connectivity index (χ0) is 16.3. The molecule has 4 nitrogen and oxygen atoms in total. The Kier molecular flexibility index (Phi) is 5.69. The molecule has 1 aliphatic heterocycles. The summed E-state index contributed by atoms with van der Waals surface area (Å²) in [6.07, 6.45) is 1.90. The van der Waals surface area contributed by atoms with Crippen LogP contribution >= 0.6 is 23.4 Å². The molecule has 0 aliphatic carbocycles. The van der Waals surface area contributed by atoms with Gasteiger partial charge in [0.2, 0.25) is 5.91 Å². The highest BCUT2D eigenvalue weighted by Gasteiger charge is 2.27. The smallest absolute Gasteiger partial charge is 0.255 e. The van der Waals surface area contributed by atoms with E-state index in [2.05, 4.69) is 0 Å². The first-order valence-corrected chi connectivity index (χ1v) is 8.66. The maximum absolute atomic E-state index is 13.0. The second-order valence-electron chi connectivity index (χ2n) is 5.12. The maximum Gasteiger partial charge on any atom is 0.255 e. The van der Waals surface area contributed by atoms with Crippen molar-refractivity contribution in [1.29, 1.82) is 0 Å². The Hall–Kier alpha value is -1.27. The van der Waals surface area contributed by atoms with Crippen LogP contribution in [0, 0.1) is 5.82 Å². The zero-order valence-corrected chi connectivity index (χ0v) is 14.1. The predicted octanol–water partition coefficient (Wildman–Crippen LogP) is 2.52. The summed E-state index contributed by atoms with van der Waals surface area (Å²) in [7, 11) is 0. The summed E-state index contributed by atoms with van der Waals surface area (Å²) in [6, 6.07) is 3.75. The minimum Gasteiger partial charge on any atom is -0.338 e. The zero-order valence-electron chi connectivity index (χ0n) is 12.5. The third kappa shape index (κ3) is 3.73. The average molecular weight is 345 g/mol. The van der Waals surface area contributed by atoms with Crippen LogP contribution < -0.4 is 0 Å². The lowest BCUT2D eigenvalue weighted by atomic mass is 10.1. The molecule has 1 aliphatic rings. The summed E-state index contributed by atoms with van der Waals surface area (Å²) in [5, 5.41) is 0.0355. The van der Waals surface area contributed by atoms with Crippen molar-refractivity contribution < 1.29 is 14.0 Å². The van der Waals surface area contributed by atoms with Crippen LogP contribution in [0.2, 0.25) is 5.02 Å². The molecule has 1 atom stereocenters. The monoisotopic (exact) mass is 344 g/mol. The number of amides is 2. The van der Waals surface area contributed by atoms with Gasteiger partial charge in [0, 0.05) is 26.2 Å². The Morgan fingerprint density at radius 3 is 2.36 bits per heavy atom. The van der Waals surface area contributed by atoms with Crippen molar-refractivity contribution in [3.63, 3.8) is 0 Å². The Bertz CT molecular complexity index is 577. The van der Waals surface area contributed by atoms with E-state index in [-0.39, 0.29) is 22.1 Å². The van der Waals surface area contributed by atoms with Crippen LogP contribution in [0.15, 0.2) is 18.2 Å². The van der Waals surface area contributed by atoms with Crippen LogP contribution in [0.5, 0.6) is 0 Å². The van der Waals surface area contributed by atoms with E-state index < -0.39 is 5.82 Å². The number of carbonyl (C=O) groups excluding carboxylic acids is 2. The lowest BCUT2D eigenvalue weighted by Crippen LogP contribution is -2.52. The molecule has 0 bridgehead atoms. The summed E-state index contributed by atoms with van der Waals surface area (Å²) >= 11 is 7.44. The molecule has 22 heavy (non-hydrogen) atoms. The van der Waals surface area contributed by atoms with Gasteiger partial charge in [0.25, 0.3) is 5.91 Å². The van der Waals surface area contributed by atoms with Crippen molar-refractivity contribution in [3.8, 4) is 0 Å². The number of nitrogens with zero attached hydrogens (tertiary/aromatic N) is 2. The number of rotatable bonds is 3. The Labute approximate surface area is 138 Å². The Morgan fingerprint density at radius 2 is 1.82 bits per heavy atom. The number of hydrogen-bond acceptors (Lipinski definition) is 3. The molecule has 1 heterocycles. The van der Waals surface area contributed by atoms with Gasteiger partial charge in [0.1, 0.15) is 5.82 Å². The molecule has 2 amide bonds. The van der Waals surface area contributed by atoms with Gasteiger partial charge in [-0.1, -0.05) is 11.6 Å². The van der Waals surface area contributed by atoms with Crippen molar-refractivity contribution in [2.24, 2.45) is 0 Å². The van der Waals surface area contributed by atoms with Crippen molar-refractivity contribution in [2.45, 2.75) is 12.2 Å². The van der Waals surface area contributed by atoms with Crippen molar-refractivity contribution >= 4 is 35.2 Å². The molecule has 1 saturated heterocycles. The quantitative estimate of drug-likeness (QED) is 0.846. The van der Waals surface area contributed by atoms with E-state index in [1.54, 1.807) is 9.80 Å². The van der Waals surface area contributed by atoms with Crippen molar-refractivity contribution in [3.05, 3.63) is 34.6 Å². The molecule has 0 radical (unpaired) electrons. The number of piperazine rings is 1. The number of benzene rings is 1. The summed E-state index contributed by atoms with van der Waals surface area (Å²) in [5.74, 6) is -0.600. The molecule has 1 fully saturated rings. The molecular formula is C15H18ClFN2O2S. The van der Waals surface area contributed by atoms with E-state index in [0.717, 1.165) is 6.07 Å². The second kappa shape index (κ2) is 7.33. The number of hydrogen-bond donors (Lipinski definition) is 0. The van der Waals surface area contributed by atoms with Crippen LogP contribution in [0.4, 0.5) is 4.39 Å². The molecule has 1 unspecified atom stereocenters. The lowest BCUT2D eigenvalue weighted by molar-refractivity contribution is -0.131. The van der Waals surface area contributed by atoms with Crippen molar-refractivity contribution in [1.82, 2.24) is 9.80 Å². The van der Waals surface area contributed by atoms with Gasteiger partial charge in [0.05, 0.1) is 15.8 Å². The minimum absolute atomic E-state index is 0.0752. The number of carbonyl (C=O) groups is 2. The van der Waals surface area contributed by atoms with Gasteiger partial charge in [-0.05, 0) is 31.4 Å². The van der Waals surface area contributed by atoms with Crippen LogP contribution in [0.3, 0.4) is 0 Å². The molecule has 0 N–H and O–H groups in total. The number of halogens is 2. The van der Waals surface area contributed by atoms with Crippen LogP contribution in [-0.4, -0.2) is 59.3 Å². The van der Waals surface area contributed by atoms with Gasteiger partial charge in [0.15, 0.2) is 0 Å². The fourth-order valence-corrected chi connectivity index (χ4v) is 2.92. The number of thioether (sulfide) groups is 1. The summed E-state index contributed by atoms with van der Waals surface area (Å²) < 4.78 is 13.0. The van der Waals surface area contributed by atoms with Gasteiger partial charge in [-0.15, -0.1) is 0 Å².